The Labute approximate surface area is 93.8 Å². The van der Waals surface area contributed by atoms with E-state index < -0.39 is 0 Å². The van der Waals surface area contributed by atoms with E-state index in [2.05, 4.69) is 26.0 Å². The highest BCUT2D eigenvalue weighted by Gasteiger charge is 2.22. The summed E-state index contributed by atoms with van der Waals surface area (Å²) < 4.78 is 0. The van der Waals surface area contributed by atoms with E-state index in [0.29, 0.717) is 6.04 Å². The number of rotatable bonds is 3. The van der Waals surface area contributed by atoms with Gasteiger partial charge in [0.1, 0.15) is 5.01 Å². The molecular weight excluding hydrogens is 208 g/mol. The molecule has 1 aliphatic rings. The Kier molecular flexibility index (Phi) is 3.20. The summed E-state index contributed by atoms with van der Waals surface area (Å²) in [5.74, 6) is 0.880. The van der Waals surface area contributed by atoms with Crippen LogP contribution in [0.2, 0.25) is 0 Å². The average molecular weight is 224 g/mol. The number of nitrogens with zero attached hydrogens (tertiary/aromatic N) is 2. The number of aryl methyl sites for hydroxylation is 1. The molecule has 0 saturated heterocycles. The predicted octanol–water partition coefficient (Wildman–Crippen LogP) is 1.28. The normalized spacial score (nSPS) is 16.5. The molecule has 82 valence electrons. The standard InChI is InChI=1S/C10H16N4S/c1-7-6-15-9(13-7)5-12-10(11-2)14-8-3-4-8/h6,8H,3-5H2,1-2H3,(H2,11,12,14). The Hall–Kier alpha value is -1.10. The second-order valence-electron chi connectivity index (χ2n) is 3.73. The third-order valence-corrected chi connectivity index (χ3v) is 3.18. The lowest BCUT2D eigenvalue weighted by Crippen LogP contribution is -2.38. The maximum atomic E-state index is 4.38. The lowest BCUT2D eigenvalue weighted by Gasteiger charge is -2.09. The van der Waals surface area contributed by atoms with Crippen LogP contribution >= 0.6 is 11.3 Å². The van der Waals surface area contributed by atoms with Crippen molar-refractivity contribution < 1.29 is 0 Å². The minimum atomic E-state index is 0.634. The summed E-state index contributed by atoms with van der Waals surface area (Å²) in [6, 6.07) is 0.634. The molecule has 0 aromatic carbocycles. The van der Waals surface area contributed by atoms with E-state index in [1.165, 1.54) is 12.8 Å². The van der Waals surface area contributed by atoms with Crippen molar-refractivity contribution in [1.29, 1.82) is 0 Å². The van der Waals surface area contributed by atoms with Crippen LogP contribution in [-0.4, -0.2) is 24.0 Å². The van der Waals surface area contributed by atoms with E-state index in [0.717, 1.165) is 23.2 Å². The fourth-order valence-electron chi connectivity index (χ4n) is 1.26. The topological polar surface area (TPSA) is 49.3 Å². The molecule has 1 heterocycles. The molecule has 0 atom stereocenters. The van der Waals surface area contributed by atoms with E-state index in [9.17, 15) is 0 Å². The summed E-state index contributed by atoms with van der Waals surface area (Å²) in [5, 5.41) is 9.76. The highest BCUT2D eigenvalue weighted by molar-refractivity contribution is 7.09. The summed E-state index contributed by atoms with van der Waals surface area (Å²) in [7, 11) is 1.80. The van der Waals surface area contributed by atoms with E-state index >= 15 is 0 Å². The van der Waals surface area contributed by atoms with E-state index in [-0.39, 0.29) is 0 Å². The fraction of sp³-hybridized carbons (Fsp3) is 0.600. The molecule has 0 unspecified atom stereocenters. The van der Waals surface area contributed by atoms with Crippen LogP contribution in [0.4, 0.5) is 0 Å². The van der Waals surface area contributed by atoms with Crippen molar-refractivity contribution in [3.63, 3.8) is 0 Å². The minimum absolute atomic E-state index is 0.634. The number of aliphatic imine (C=N–C) groups is 1. The Morgan fingerprint density at radius 2 is 2.47 bits per heavy atom. The number of hydrogen-bond donors (Lipinski definition) is 2. The van der Waals surface area contributed by atoms with Gasteiger partial charge in [0.2, 0.25) is 0 Å². The van der Waals surface area contributed by atoms with Crippen LogP contribution < -0.4 is 10.6 Å². The monoisotopic (exact) mass is 224 g/mol. The summed E-state index contributed by atoms with van der Waals surface area (Å²) in [6.07, 6.45) is 2.52. The number of thiazole rings is 1. The van der Waals surface area contributed by atoms with Crippen molar-refractivity contribution in [2.75, 3.05) is 7.05 Å². The molecule has 4 nitrogen and oxygen atoms in total. The molecule has 15 heavy (non-hydrogen) atoms. The second-order valence-corrected chi connectivity index (χ2v) is 4.67. The van der Waals surface area contributed by atoms with Crippen LogP contribution in [0.5, 0.6) is 0 Å². The van der Waals surface area contributed by atoms with Gasteiger partial charge in [0.25, 0.3) is 0 Å². The van der Waals surface area contributed by atoms with Gasteiger partial charge >= 0.3 is 0 Å². The summed E-state index contributed by atoms with van der Waals surface area (Å²) in [6.45, 7) is 2.77. The summed E-state index contributed by atoms with van der Waals surface area (Å²) >= 11 is 1.68. The number of nitrogens with one attached hydrogen (secondary N) is 2. The Morgan fingerprint density at radius 1 is 1.67 bits per heavy atom. The zero-order valence-corrected chi connectivity index (χ0v) is 9.90. The zero-order valence-electron chi connectivity index (χ0n) is 9.08. The van der Waals surface area contributed by atoms with Gasteiger partial charge in [0.05, 0.1) is 6.54 Å². The Bertz CT molecular complexity index is 354. The fourth-order valence-corrected chi connectivity index (χ4v) is 1.97. The molecule has 1 aliphatic carbocycles. The molecule has 0 radical (unpaired) electrons. The molecule has 2 rings (SSSR count). The first kappa shape index (κ1) is 10.4. The largest absolute Gasteiger partial charge is 0.354 e. The van der Waals surface area contributed by atoms with Gasteiger partial charge in [0, 0.05) is 24.2 Å². The maximum Gasteiger partial charge on any atom is 0.191 e. The lowest BCUT2D eigenvalue weighted by molar-refractivity contribution is 0.800. The van der Waals surface area contributed by atoms with Gasteiger partial charge in [-0.1, -0.05) is 0 Å². The first-order valence-corrected chi connectivity index (χ1v) is 6.04. The molecule has 1 fully saturated rings. The average Bonchev–Trinajstić information content (AvgIpc) is 2.95. The van der Waals surface area contributed by atoms with E-state index in [1.54, 1.807) is 18.4 Å². The molecule has 5 heteroatoms. The zero-order chi connectivity index (χ0) is 10.7. The molecule has 0 aliphatic heterocycles. The van der Waals surface area contributed by atoms with Crippen molar-refractivity contribution in [3.05, 3.63) is 16.1 Å². The molecule has 1 saturated carbocycles. The highest BCUT2D eigenvalue weighted by Crippen LogP contribution is 2.18. The van der Waals surface area contributed by atoms with Gasteiger partial charge in [-0.05, 0) is 19.8 Å². The van der Waals surface area contributed by atoms with Crippen LogP contribution in [0.15, 0.2) is 10.4 Å². The summed E-state index contributed by atoms with van der Waals surface area (Å²) in [5.41, 5.74) is 1.09. The molecule has 0 spiro atoms. The number of aromatic nitrogens is 1. The Morgan fingerprint density at radius 3 is 3.00 bits per heavy atom. The molecule has 1 aromatic rings. The van der Waals surface area contributed by atoms with Gasteiger partial charge < -0.3 is 10.6 Å². The van der Waals surface area contributed by atoms with Crippen molar-refractivity contribution in [2.45, 2.75) is 32.4 Å². The van der Waals surface area contributed by atoms with Gasteiger partial charge in [-0.2, -0.15) is 0 Å². The SMILES string of the molecule is CN=C(NCc1nc(C)cs1)NC1CC1. The van der Waals surface area contributed by atoms with Gasteiger partial charge in [-0.25, -0.2) is 4.98 Å². The van der Waals surface area contributed by atoms with Crippen molar-refractivity contribution in [3.8, 4) is 0 Å². The van der Waals surface area contributed by atoms with Gasteiger partial charge in [0.15, 0.2) is 5.96 Å². The Balaban J connectivity index is 1.80. The second kappa shape index (κ2) is 4.61. The molecule has 2 N–H and O–H groups in total. The van der Waals surface area contributed by atoms with Crippen LogP contribution in [0.3, 0.4) is 0 Å². The maximum absolute atomic E-state index is 4.38. The molecular formula is C10H16N4S. The number of guanidine groups is 1. The first-order chi connectivity index (χ1) is 7.28. The quantitative estimate of drug-likeness (QED) is 0.600. The summed E-state index contributed by atoms with van der Waals surface area (Å²) in [4.78, 5) is 8.55. The molecule has 0 amide bonds. The lowest BCUT2D eigenvalue weighted by atomic mass is 10.5. The van der Waals surface area contributed by atoms with Crippen molar-refractivity contribution >= 4 is 17.3 Å². The first-order valence-electron chi connectivity index (χ1n) is 5.16. The van der Waals surface area contributed by atoms with Crippen LogP contribution in [0.25, 0.3) is 0 Å². The third kappa shape index (κ3) is 3.20. The third-order valence-electron chi connectivity index (χ3n) is 2.22. The minimum Gasteiger partial charge on any atom is -0.354 e. The van der Waals surface area contributed by atoms with E-state index in [4.69, 9.17) is 0 Å². The predicted molar refractivity (Wildman–Crippen MR) is 63.2 cm³/mol. The van der Waals surface area contributed by atoms with Crippen LogP contribution in [0, 0.1) is 6.92 Å². The van der Waals surface area contributed by atoms with Crippen molar-refractivity contribution in [2.24, 2.45) is 4.99 Å². The van der Waals surface area contributed by atoms with E-state index in [1.807, 2.05) is 6.92 Å². The van der Waals surface area contributed by atoms with Crippen LogP contribution in [0.1, 0.15) is 23.5 Å². The van der Waals surface area contributed by atoms with Crippen molar-refractivity contribution in [1.82, 2.24) is 15.6 Å². The van der Waals surface area contributed by atoms with Gasteiger partial charge in [-0.15, -0.1) is 11.3 Å². The smallest absolute Gasteiger partial charge is 0.191 e. The molecule has 1 aromatic heterocycles. The van der Waals surface area contributed by atoms with Gasteiger partial charge in [-0.3, -0.25) is 4.99 Å². The number of hydrogen-bond acceptors (Lipinski definition) is 3. The van der Waals surface area contributed by atoms with Crippen LogP contribution in [-0.2, 0) is 6.54 Å². The highest BCUT2D eigenvalue weighted by atomic mass is 32.1. The molecule has 0 bridgehead atoms.